The zero-order valence-corrected chi connectivity index (χ0v) is 12.9. The molecule has 2 aromatic rings. The smallest absolute Gasteiger partial charge is 0.104 e. The Labute approximate surface area is 126 Å². The molecule has 0 radical (unpaired) electrons. The molecule has 0 aliphatic heterocycles. The Bertz CT molecular complexity index is 583. The third-order valence-electron chi connectivity index (χ3n) is 2.76. The van der Waals surface area contributed by atoms with E-state index in [1.807, 2.05) is 43.4 Å². The van der Waals surface area contributed by atoms with E-state index in [2.05, 4.69) is 25.8 Å². The molecule has 0 aliphatic carbocycles. The maximum Gasteiger partial charge on any atom is 0.104 e. The van der Waals surface area contributed by atoms with Crippen molar-refractivity contribution in [3.8, 4) is 0 Å². The molecule has 0 fully saturated rings. The van der Waals surface area contributed by atoms with Crippen LogP contribution in [0, 0.1) is 0 Å². The van der Waals surface area contributed by atoms with Crippen LogP contribution in [0.5, 0.6) is 0 Å². The lowest BCUT2D eigenvalue weighted by Crippen LogP contribution is -2.18. The van der Waals surface area contributed by atoms with Gasteiger partial charge in [0.1, 0.15) is 4.99 Å². The Balaban J connectivity index is 2.15. The lowest BCUT2D eigenvalue weighted by Gasteiger charge is -2.19. The van der Waals surface area contributed by atoms with Gasteiger partial charge >= 0.3 is 0 Å². The molecular formula is C14H14BrN3S. The highest BCUT2D eigenvalue weighted by molar-refractivity contribution is 9.10. The largest absolute Gasteiger partial charge is 0.389 e. The quantitative estimate of drug-likeness (QED) is 0.871. The number of benzene rings is 1. The first-order valence-electron chi connectivity index (χ1n) is 5.77. The minimum Gasteiger partial charge on any atom is -0.389 e. The molecule has 0 aliphatic rings. The SMILES string of the molecule is CN(Cc1ccc(Br)cn1)c1cccc(C(N)=S)c1. The number of thiocarbonyl (C=S) groups is 1. The van der Waals surface area contributed by atoms with Crippen LogP contribution in [-0.2, 0) is 6.54 Å². The number of nitrogens with two attached hydrogens (primary N) is 1. The topological polar surface area (TPSA) is 42.2 Å². The number of hydrogen-bond acceptors (Lipinski definition) is 3. The monoisotopic (exact) mass is 335 g/mol. The lowest BCUT2D eigenvalue weighted by atomic mass is 10.2. The van der Waals surface area contributed by atoms with Gasteiger partial charge in [0.15, 0.2) is 0 Å². The number of halogens is 1. The first-order chi connectivity index (χ1) is 9.06. The highest BCUT2D eigenvalue weighted by Crippen LogP contribution is 2.17. The van der Waals surface area contributed by atoms with Gasteiger partial charge in [-0.05, 0) is 40.2 Å². The molecule has 3 nitrogen and oxygen atoms in total. The Morgan fingerprint density at radius 1 is 1.37 bits per heavy atom. The van der Waals surface area contributed by atoms with Crippen molar-refractivity contribution >= 4 is 38.8 Å². The summed E-state index contributed by atoms with van der Waals surface area (Å²) in [6.45, 7) is 0.730. The minimum absolute atomic E-state index is 0.414. The molecule has 0 atom stereocenters. The summed E-state index contributed by atoms with van der Waals surface area (Å²) < 4.78 is 0.981. The molecule has 0 unspecified atom stereocenters. The van der Waals surface area contributed by atoms with Crippen LogP contribution in [0.3, 0.4) is 0 Å². The Morgan fingerprint density at radius 2 is 2.16 bits per heavy atom. The van der Waals surface area contributed by atoms with Crippen LogP contribution in [0.15, 0.2) is 47.1 Å². The van der Waals surface area contributed by atoms with Gasteiger partial charge in [-0.2, -0.15) is 0 Å². The van der Waals surface area contributed by atoms with Crippen molar-refractivity contribution in [2.75, 3.05) is 11.9 Å². The Morgan fingerprint density at radius 3 is 2.79 bits per heavy atom. The van der Waals surface area contributed by atoms with Crippen molar-refractivity contribution in [3.05, 3.63) is 58.3 Å². The number of aromatic nitrogens is 1. The number of pyridine rings is 1. The van der Waals surface area contributed by atoms with Crippen LogP contribution < -0.4 is 10.6 Å². The molecule has 19 heavy (non-hydrogen) atoms. The van der Waals surface area contributed by atoms with Gasteiger partial charge in [-0.1, -0.05) is 24.4 Å². The second kappa shape index (κ2) is 6.12. The summed E-state index contributed by atoms with van der Waals surface area (Å²) in [4.78, 5) is 6.89. The third-order valence-corrected chi connectivity index (χ3v) is 3.46. The highest BCUT2D eigenvalue weighted by atomic mass is 79.9. The Hall–Kier alpha value is -1.46. The first kappa shape index (κ1) is 14.0. The van der Waals surface area contributed by atoms with E-state index in [0.29, 0.717) is 4.99 Å². The summed E-state index contributed by atoms with van der Waals surface area (Å²) in [7, 11) is 2.02. The molecule has 0 bridgehead atoms. The summed E-state index contributed by atoms with van der Waals surface area (Å²) >= 11 is 8.37. The summed E-state index contributed by atoms with van der Waals surface area (Å²) in [5, 5.41) is 0. The summed E-state index contributed by atoms with van der Waals surface area (Å²) in [6, 6.07) is 11.9. The zero-order valence-electron chi connectivity index (χ0n) is 10.5. The van der Waals surface area contributed by atoms with Gasteiger partial charge in [-0.25, -0.2) is 0 Å². The fourth-order valence-electron chi connectivity index (χ4n) is 1.73. The predicted molar refractivity (Wildman–Crippen MR) is 86.4 cm³/mol. The zero-order chi connectivity index (χ0) is 13.8. The van der Waals surface area contributed by atoms with E-state index < -0.39 is 0 Å². The molecule has 1 heterocycles. The summed E-state index contributed by atoms with van der Waals surface area (Å²) in [5.74, 6) is 0. The van der Waals surface area contributed by atoms with Crippen LogP contribution in [0.4, 0.5) is 5.69 Å². The summed E-state index contributed by atoms with van der Waals surface area (Å²) in [6.07, 6.45) is 1.80. The molecule has 98 valence electrons. The van der Waals surface area contributed by atoms with E-state index in [1.54, 1.807) is 6.20 Å². The van der Waals surface area contributed by atoms with Crippen molar-refractivity contribution in [1.82, 2.24) is 4.98 Å². The second-order valence-electron chi connectivity index (χ2n) is 4.24. The van der Waals surface area contributed by atoms with Crippen LogP contribution in [-0.4, -0.2) is 17.0 Å². The molecule has 0 saturated heterocycles. The molecule has 0 amide bonds. The van der Waals surface area contributed by atoms with Crippen LogP contribution in [0.2, 0.25) is 0 Å². The van der Waals surface area contributed by atoms with Crippen LogP contribution in [0.25, 0.3) is 0 Å². The fraction of sp³-hybridized carbons (Fsp3) is 0.143. The normalized spacial score (nSPS) is 10.2. The number of nitrogens with zero attached hydrogens (tertiary/aromatic N) is 2. The van der Waals surface area contributed by atoms with Crippen LogP contribution >= 0.6 is 28.1 Å². The van der Waals surface area contributed by atoms with Crippen molar-refractivity contribution < 1.29 is 0 Å². The lowest BCUT2D eigenvalue weighted by molar-refractivity contribution is 0.884. The van der Waals surface area contributed by atoms with Gasteiger partial charge in [-0.3, -0.25) is 4.98 Å². The van der Waals surface area contributed by atoms with Crippen molar-refractivity contribution in [1.29, 1.82) is 0 Å². The third kappa shape index (κ3) is 3.75. The average Bonchev–Trinajstić information content (AvgIpc) is 2.41. The van der Waals surface area contributed by atoms with Gasteiger partial charge in [0.05, 0.1) is 12.2 Å². The molecule has 0 saturated carbocycles. The molecule has 2 rings (SSSR count). The van der Waals surface area contributed by atoms with Gasteiger partial charge in [-0.15, -0.1) is 0 Å². The molecule has 0 spiro atoms. The van der Waals surface area contributed by atoms with E-state index >= 15 is 0 Å². The molecular weight excluding hydrogens is 322 g/mol. The highest BCUT2D eigenvalue weighted by Gasteiger charge is 2.05. The van der Waals surface area contributed by atoms with Gasteiger partial charge in [0.25, 0.3) is 0 Å². The van der Waals surface area contributed by atoms with E-state index in [4.69, 9.17) is 18.0 Å². The van der Waals surface area contributed by atoms with Gasteiger partial charge in [0, 0.05) is 29.0 Å². The van der Waals surface area contributed by atoms with Gasteiger partial charge in [0.2, 0.25) is 0 Å². The second-order valence-corrected chi connectivity index (χ2v) is 5.59. The molecule has 1 aromatic heterocycles. The maximum absolute atomic E-state index is 5.65. The van der Waals surface area contributed by atoms with Crippen molar-refractivity contribution in [2.24, 2.45) is 5.73 Å². The fourth-order valence-corrected chi connectivity index (χ4v) is 2.09. The average molecular weight is 336 g/mol. The number of anilines is 1. The first-order valence-corrected chi connectivity index (χ1v) is 6.98. The van der Waals surface area contributed by atoms with E-state index in [9.17, 15) is 0 Å². The molecule has 1 aromatic carbocycles. The summed E-state index contributed by atoms with van der Waals surface area (Å²) in [5.41, 5.74) is 8.60. The van der Waals surface area contributed by atoms with Crippen molar-refractivity contribution in [2.45, 2.75) is 6.54 Å². The Kier molecular flexibility index (Phi) is 4.50. The number of hydrogen-bond donors (Lipinski definition) is 1. The number of rotatable bonds is 4. The predicted octanol–water partition coefficient (Wildman–Crippen LogP) is 3.11. The minimum atomic E-state index is 0.414. The standard InChI is InChI=1S/C14H14BrN3S/c1-18(9-12-6-5-11(15)8-17-12)13-4-2-3-10(7-13)14(16)19/h2-8H,9H2,1H3,(H2,16,19). The van der Waals surface area contributed by atoms with Crippen LogP contribution in [0.1, 0.15) is 11.3 Å². The maximum atomic E-state index is 5.65. The van der Waals surface area contributed by atoms with E-state index in [-0.39, 0.29) is 0 Å². The molecule has 2 N–H and O–H groups in total. The van der Waals surface area contributed by atoms with Crippen molar-refractivity contribution in [3.63, 3.8) is 0 Å². The molecule has 5 heteroatoms. The van der Waals surface area contributed by atoms with Gasteiger partial charge < -0.3 is 10.6 Å². The van der Waals surface area contributed by atoms with E-state index in [1.165, 1.54) is 0 Å². The van der Waals surface area contributed by atoms with E-state index in [0.717, 1.165) is 28.0 Å².